The predicted octanol–water partition coefficient (Wildman–Crippen LogP) is 3.29. The Bertz CT molecular complexity index is 769. The van der Waals surface area contributed by atoms with Crippen LogP contribution in [0.2, 0.25) is 0 Å². The molecule has 0 bridgehead atoms. The average Bonchev–Trinajstić information content (AvgIpc) is 2.96. The molecule has 6 heteroatoms. The third kappa shape index (κ3) is 2.67. The number of ether oxygens (including phenoxy) is 1. The number of carbonyl (C=O) groups is 1. The van der Waals surface area contributed by atoms with Crippen molar-refractivity contribution in [2.45, 2.75) is 12.3 Å². The zero-order chi connectivity index (χ0) is 16.4. The van der Waals surface area contributed by atoms with Crippen LogP contribution in [-0.4, -0.2) is 22.0 Å². The number of rotatable bonds is 2. The number of carbonyl (C=O) groups excluding carboxylic acids is 1. The summed E-state index contributed by atoms with van der Waals surface area (Å²) >= 11 is 0. The Morgan fingerprint density at radius 1 is 1.09 bits per heavy atom. The van der Waals surface area contributed by atoms with E-state index >= 15 is 0 Å². The minimum atomic E-state index is -1.25. The summed E-state index contributed by atoms with van der Waals surface area (Å²) in [6, 6.07) is 13.0. The van der Waals surface area contributed by atoms with Gasteiger partial charge in [-0.1, -0.05) is 42.5 Å². The lowest BCUT2D eigenvalue weighted by atomic mass is 10.0. The summed E-state index contributed by atoms with van der Waals surface area (Å²) in [5, 5.41) is 9.57. The van der Waals surface area contributed by atoms with Crippen LogP contribution >= 0.6 is 0 Å². The highest BCUT2D eigenvalue weighted by Gasteiger charge is 2.45. The molecule has 0 spiro atoms. The Labute approximate surface area is 131 Å². The van der Waals surface area contributed by atoms with E-state index in [1.165, 1.54) is 24.3 Å². The molecule has 1 fully saturated rings. The van der Waals surface area contributed by atoms with Crippen LogP contribution in [0.5, 0.6) is 0 Å². The lowest BCUT2D eigenvalue weighted by molar-refractivity contribution is 0.0470. The minimum Gasteiger partial charge on any atom is -0.465 e. The molecule has 0 radical (unpaired) electrons. The smallest absolute Gasteiger partial charge is 0.411 e. The molecule has 1 saturated heterocycles. The second-order valence-corrected chi connectivity index (χ2v) is 4.99. The van der Waals surface area contributed by atoms with Crippen molar-refractivity contribution in [3.05, 3.63) is 77.3 Å². The number of benzene rings is 2. The van der Waals surface area contributed by atoms with E-state index in [1.54, 1.807) is 36.3 Å². The molecule has 5 nitrogen and oxygen atoms in total. The van der Waals surface area contributed by atoms with Gasteiger partial charge in [0.2, 0.25) is 12.0 Å². The van der Waals surface area contributed by atoms with Gasteiger partial charge in [0.25, 0.3) is 0 Å². The van der Waals surface area contributed by atoms with Gasteiger partial charge in [0.15, 0.2) is 5.94 Å². The molecule has 1 N–H and O–H groups in total. The van der Waals surface area contributed by atoms with Crippen LogP contribution in [-0.2, 0) is 9.53 Å². The molecule has 2 aromatic carbocycles. The summed E-state index contributed by atoms with van der Waals surface area (Å²) in [7, 11) is 0. The predicted molar refractivity (Wildman–Crippen MR) is 78.5 cm³/mol. The highest BCUT2D eigenvalue weighted by molar-refractivity contribution is 5.70. The standard InChI is InChI=1S/C17H12FNO4/c18-13-8-6-11(7-9-13)15-14(10-20)23-16(19(15)17(21)22)12-4-2-1-3-5-12/h1-9,15-16H,(H,21,22). The second kappa shape index (κ2) is 5.94. The molecule has 1 aliphatic heterocycles. The van der Waals surface area contributed by atoms with Gasteiger partial charge in [0.05, 0.1) is 0 Å². The second-order valence-electron chi connectivity index (χ2n) is 4.99. The largest absolute Gasteiger partial charge is 0.465 e. The first-order valence-corrected chi connectivity index (χ1v) is 6.85. The first-order valence-electron chi connectivity index (χ1n) is 6.85. The van der Waals surface area contributed by atoms with Crippen LogP contribution in [0.3, 0.4) is 0 Å². The summed E-state index contributed by atoms with van der Waals surface area (Å²) in [6.07, 6.45) is -2.21. The third-order valence-corrected chi connectivity index (χ3v) is 3.61. The fourth-order valence-electron chi connectivity index (χ4n) is 2.60. The molecule has 2 unspecified atom stereocenters. The van der Waals surface area contributed by atoms with Crippen molar-refractivity contribution in [1.82, 2.24) is 4.90 Å². The summed E-state index contributed by atoms with van der Waals surface area (Å²) in [5.74, 6) is 1.06. The molecule has 1 heterocycles. The summed E-state index contributed by atoms with van der Waals surface area (Å²) in [4.78, 5) is 24.0. The zero-order valence-electron chi connectivity index (χ0n) is 11.8. The molecule has 0 saturated carbocycles. The van der Waals surface area contributed by atoms with Gasteiger partial charge in [-0.15, -0.1) is 0 Å². The molecule has 0 aliphatic carbocycles. The van der Waals surface area contributed by atoms with Gasteiger partial charge >= 0.3 is 6.09 Å². The lowest BCUT2D eigenvalue weighted by Gasteiger charge is -2.24. The molecule has 116 valence electrons. The van der Waals surface area contributed by atoms with Crippen LogP contribution in [0.1, 0.15) is 23.4 Å². The van der Waals surface area contributed by atoms with E-state index in [0.717, 1.165) is 4.90 Å². The van der Waals surface area contributed by atoms with Gasteiger partial charge in [-0.05, 0) is 17.7 Å². The number of hydrogen-bond acceptors (Lipinski definition) is 3. The van der Waals surface area contributed by atoms with Crippen molar-refractivity contribution in [2.24, 2.45) is 0 Å². The van der Waals surface area contributed by atoms with Gasteiger partial charge in [-0.25, -0.2) is 14.0 Å². The summed E-state index contributed by atoms with van der Waals surface area (Å²) in [6.45, 7) is 0. The number of nitrogens with zero attached hydrogens (tertiary/aromatic N) is 1. The van der Waals surface area contributed by atoms with Gasteiger partial charge in [0, 0.05) is 5.56 Å². The molecule has 2 atom stereocenters. The van der Waals surface area contributed by atoms with Crippen LogP contribution in [0, 0.1) is 5.82 Å². The normalized spacial score (nSPS) is 20.0. The number of halogens is 1. The zero-order valence-corrected chi connectivity index (χ0v) is 11.8. The maximum atomic E-state index is 13.1. The Kier molecular flexibility index (Phi) is 3.83. The SMILES string of the molecule is O=C=C1OC(c2ccccc2)N(C(=O)O)C1c1ccc(F)cc1. The van der Waals surface area contributed by atoms with Crippen LogP contribution in [0.15, 0.2) is 60.4 Å². The first-order chi connectivity index (χ1) is 11.1. The van der Waals surface area contributed by atoms with Crippen molar-refractivity contribution in [3.8, 4) is 0 Å². The number of carboxylic acid groups (broad SMARTS) is 1. The first kappa shape index (κ1) is 14.8. The van der Waals surface area contributed by atoms with E-state index in [2.05, 4.69) is 0 Å². The van der Waals surface area contributed by atoms with Crippen molar-refractivity contribution in [3.63, 3.8) is 0 Å². The maximum absolute atomic E-state index is 13.1. The molecule has 0 aromatic heterocycles. The van der Waals surface area contributed by atoms with E-state index in [4.69, 9.17) is 4.74 Å². The van der Waals surface area contributed by atoms with Crippen molar-refractivity contribution in [2.75, 3.05) is 0 Å². The van der Waals surface area contributed by atoms with Gasteiger partial charge < -0.3 is 9.84 Å². The van der Waals surface area contributed by atoms with Gasteiger partial charge in [-0.2, -0.15) is 0 Å². The van der Waals surface area contributed by atoms with Gasteiger partial charge in [-0.3, -0.25) is 4.90 Å². The van der Waals surface area contributed by atoms with Crippen molar-refractivity contribution in [1.29, 1.82) is 0 Å². The highest BCUT2D eigenvalue weighted by Crippen LogP contribution is 2.44. The van der Waals surface area contributed by atoms with Crippen molar-refractivity contribution < 1.29 is 23.8 Å². The Morgan fingerprint density at radius 3 is 2.30 bits per heavy atom. The fourth-order valence-corrected chi connectivity index (χ4v) is 2.60. The average molecular weight is 313 g/mol. The van der Waals surface area contributed by atoms with E-state index in [-0.39, 0.29) is 5.76 Å². The molecule has 1 aliphatic rings. The van der Waals surface area contributed by atoms with Crippen LogP contribution < -0.4 is 0 Å². The van der Waals surface area contributed by atoms with Crippen LogP contribution in [0.25, 0.3) is 0 Å². The Morgan fingerprint density at radius 2 is 1.74 bits per heavy atom. The summed E-state index contributed by atoms with van der Waals surface area (Å²) < 4.78 is 18.6. The van der Waals surface area contributed by atoms with E-state index < -0.39 is 24.2 Å². The molecular weight excluding hydrogens is 301 g/mol. The minimum absolute atomic E-state index is 0.145. The van der Waals surface area contributed by atoms with E-state index in [1.807, 2.05) is 0 Å². The van der Waals surface area contributed by atoms with Gasteiger partial charge in [0.1, 0.15) is 11.9 Å². The molecule has 3 rings (SSSR count). The Balaban J connectivity index is 2.08. The lowest BCUT2D eigenvalue weighted by Crippen LogP contribution is -2.32. The third-order valence-electron chi connectivity index (χ3n) is 3.61. The quantitative estimate of drug-likeness (QED) is 0.864. The monoisotopic (exact) mass is 313 g/mol. The molecule has 2 aromatic rings. The fraction of sp³-hybridized carbons (Fsp3) is 0.118. The maximum Gasteiger partial charge on any atom is 0.411 e. The van der Waals surface area contributed by atoms with Crippen LogP contribution in [0.4, 0.5) is 9.18 Å². The molecular formula is C17H12FNO4. The highest BCUT2D eigenvalue weighted by atomic mass is 19.1. The Hall–Kier alpha value is -3.11. The summed E-state index contributed by atoms with van der Waals surface area (Å²) in [5.41, 5.74) is 1.03. The topological polar surface area (TPSA) is 66.8 Å². The molecule has 1 amide bonds. The van der Waals surface area contributed by atoms with E-state index in [9.17, 15) is 19.1 Å². The van der Waals surface area contributed by atoms with Crippen molar-refractivity contribution >= 4 is 12.0 Å². The number of hydrogen-bond donors (Lipinski definition) is 1. The van der Waals surface area contributed by atoms with E-state index in [0.29, 0.717) is 11.1 Å². The molecule has 23 heavy (non-hydrogen) atoms. The number of amides is 1.